The van der Waals surface area contributed by atoms with Gasteiger partial charge in [0, 0.05) is 11.7 Å². The molecule has 0 bridgehead atoms. The van der Waals surface area contributed by atoms with Crippen LogP contribution in [-0.2, 0) is 0 Å². The second-order valence-corrected chi connectivity index (χ2v) is 6.52. The summed E-state index contributed by atoms with van der Waals surface area (Å²) in [4.78, 5) is 15.8. The van der Waals surface area contributed by atoms with E-state index < -0.39 is 5.97 Å². The zero-order valence-electron chi connectivity index (χ0n) is 13.4. The van der Waals surface area contributed by atoms with Gasteiger partial charge in [0.05, 0.1) is 11.4 Å². The maximum atomic E-state index is 11.5. The Morgan fingerprint density at radius 2 is 2.00 bits per heavy atom. The van der Waals surface area contributed by atoms with Crippen LogP contribution < -0.4 is 5.32 Å². The molecule has 1 saturated carbocycles. The summed E-state index contributed by atoms with van der Waals surface area (Å²) in [5.74, 6) is 0.314. The van der Waals surface area contributed by atoms with Gasteiger partial charge in [0.1, 0.15) is 5.56 Å². The van der Waals surface area contributed by atoms with Crippen molar-refractivity contribution in [1.82, 2.24) is 4.98 Å². The molecule has 0 aromatic carbocycles. The Kier molecular flexibility index (Phi) is 4.86. The number of nitrogens with zero attached hydrogens (tertiary/aromatic N) is 1. The second-order valence-electron chi connectivity index (χ2n) is 6.52. The summed E-state index contributed by atoms with van der Waals surface area (Å²) in [6.45, 7) is 8.19. The molecule has 2 rings (SSSR count). The van der Waals surface area contributed by atoms with Crippen LogP contribution in [0.3, 0.4) is 0 Å². The predicted octanol–water partition coefficient (Wildman–Crippen LogP) is 4.02. The zero-order chi connectivity index (χ0) is 15.6. The van der Waals surface area contributed by atoms with Gasteiger partial charge in [-0.3, -0.25) is 4.98 Å². The van der Waals surface area contributed by atoms with Gasteiger partial charge in [-0.05, 0) is 44.6 Å². The van der Waals surface area contributed by atoms with Crippen molar-refractivity contribution in [1.29, 1.82) is 0 Å². The Bertz CT molecular complexity index is 526. The van der Waals surface area contributed by atoms with Crippen LogP contribution in [0.25, 0.3) is 0 Å². The normalized spacial score (nSPS) is 22.3. The summed E-state index contributed by atoms with van der Waals surface area (Å²) in [5, 5.41) is 13.0. The Morgan fingerprint density at radius 1 is 1.33 bits per heavy atom. The number of aromatic nitrogens is 1. The summed E-state index contributed by atoms with van der Waals surface area (Å²) >= 11 is 0. The van der Waals surface area contributed by atoms with Crippen molar-refractivity contribution in [3.8, 4) is 0 Å². The molecule has 2 N–H and O–H groups in total. The first-order valence-electron chi connectivity index (χ1n) is 7.88. The number of hydrogen-bond acceptors (Lipinski definition) is 3. The fraction of sp³-hybridized carbons (Fsp3) is 0.647. The van der Waals surface area contributed by atoms with Crippen LogP contribution in [0.2, 0.25) is 0 Å². The first-order valence-corrected chi connectivity index (χ1v) is 7.88. The minimum absolute atomic E-state index is 0.314. The van der Waals surface area contributed by atoms with Crippen molar-refractivity contribution >= 4 is 11.7 Å². The summed E-state index contributed by atoms with van der Waals surface area (Å²) < 4.78 is 0. The van der Waals surface area contributed by atoms with E-state index in [-0.39, 0.29) is 0 Å². The number of carboxylic acids is 1. The summed E-state index contributed by atoms with van der Waals surface area (Å²) in [6, 6.07) is 2.22. The van der Waals surface area contributed by atoms with E-state index in [1.807, 2.05) is 13.0 Å². The molecule has 2 atom stereocenters. The molecule has 116 valence electrons. The molecule has 1 fully saturated rings. The van der Waals surface area contributed by atoms with Crippen LogP contribution in [0, 0.1) is 25.7 Å². The van der Waals surface area contributed by atoms with E-state index in [0.717, 1.165) is 17.8 Å². The van der Waals surface area contributed by atoms with Gasteiger partial charge >= 0.3 is 5.97 Å². The zero-order valence-corrected chi connectivity index (χ0v) is 13.4. The molecule has 1 aliphatic rings. The Hall–Kier alpha value is -1.58. The average Bonchev–Trinajstić information content (AvgIpc) is 2.37. The van der Waals surface area contributed by atoms with Gasteiger partial charge in [-0.15, -0.1) is 0 Å². The highest BCUT2D eigenvalue weighted by atomic mass is 16.4. The minimum atomic E-state index is -0.903. The number of aryl methyl sites for hydroxylation is 2. The molecule has 2 unspecified atom stereocenters. The average molecular weight is 290 g/mol. The first-order chi connectivity index (χ1) is 9.90. The third-order valence-electron chi connectivity index (χ3n) is 4.56. The first kappa shape index (κ1) is 15.8. The molecule has 4 nitrogen and oxygen atoms in total. The Labute approximate surface area is 127 Å². The number of nitrogens with one attached hydrogen (secondary N) is 1. The van der Waals surface area contributed by atoms with Crippen molar-refractivity contribution in [2.45, 2.75) is 59.4 Å². The topological polar surface area (TPSA) is 62.2 Å². The number of aromatic carboxylic acids is 1. The van der Waals surface area contributed by atoms with E-state index in [9.17, 15) is 9.90 Å². The largest absolute Gasteiger partial charge is 0.478 e. The lowest BCUT2D eigenvalue weighted by atomic mass is 9.77. The van der Waals surface area contributed by atoms with Gasteiger partial charge in [0.25, 0.3) is 0 Å². The fourth-order valence-corrected chi connectivity index (χ4v) is 3.55. The molecule has 4 heteroatoms. The molecule has 0 aliphatic heterocycles. The summed E-state index contributed by atoms with van der Waals surface area (Å²) in [5.41, 5.74) is 2.48. The smallest absolute Gasteiger partial charge is 0.339 e. The lowest BCUT2D eigenvalue weighted by Gasteiger charge is -2.36. The Balaban J connectivity index is 2.31. The van der Waals surface area contributed by atoms with Crippen molar-refractivity contribution in [3.63, 3.8) is 0 Å². The molecule has 0 spiro atoms. The van der Waals surface area contributed by atoms with E-state index in [1.165, 1.54) is 19.3 Å². The van der Waals surface area contributed by atoms with Gasteiger partial charge in [0.2, 0.25) is 0 Å². The lowest BCUT2D eigenvalue weighted by molar-refractivity contribution is 0.0696. The number of rotatable bonds is 4. The third-order valence-corrected chi connectivity index (χ3v) is 4.56. The number of hydrogen-bond donors (Lipinski definition) is 2. The van der Waals surface area contributed by atoms with Crippen LogP contribution in [0.15, 0.2) is 6.07 Å². The second kappa shape index (κ2) is 6.46. The molecule has 1 aliphatic carbocycles. The SMILES string of the molecule is Cc1cc(NC2CCCCC2C(C)C)c(C(=O)O)c(C)n1. The predicted molar refractivity (Wildman–Crippen MR) is 84.9 cm³/mol. The van der Waals surface area contributed by atoms with Gasteiger partial charge in [-0.25, -0.2) is 4.79 Å². The highest BCUT2D eigenvalue weighted by molar-refractivity contribution is 5.95. The van der Waals surface area contributed by atoms with Gasteiger partial charge in [0.15, 0.2) is 0 Å². The standard InChI is InChI=1S/C17H26N2O2/c1-10(2)13-7-5-6-8-14(13)19-15-9-11(3)18-12(4)16(15)17(20)21/h9-10,13-14H,5-8H2,1-4H3,(H,18,19)(H,20,21). The maximum absolute atomic E-state index is 11.5. The van der Waals surface area contributed by atoms with Crippen molar-refractivity contribution < 1.29 is 9.90 Å². The molecule has 1 aromatic rings. The third kappa shape index (κ3) is 3.55. The van der Waals surface area contributed by atoms with Crippen LogP contribution in [0.5, 0.6) is 0 Å². The van der Waals surface area contributed by atoms with Crippen LogP contribution in [-0.4, -0.2) is 22.1 Å². The molecule has 21 heavy (non-hydrogen) atoms. The molecule has 0 saturated heterocycles. The molecule has 0 amide bonds. The van der Waals surface area contributed by atoms with Crippen molar-refractivity contribution in [2.24, 2.45) is 11.8 Å². The molecule has 0 radical (unpaired) electrons. The molecular formula is C17H26N2O2. The van der Waals surface area contributed by atoms with E-state index in [4.69, 9.17) is 0 Å². The van der Waals surface area contributed by atoms with E-state index in [0.29, 0.717) is 29.1 Å². The highest BCUT2D eigenvalue weighted by Gasteiger charge is 2.28. The van der Waals surface area contributed by atoms with Gasteiger partial charge in [-0.1, -0.05) is 26.7 Å². The number of carbonyl (C=O) groups is 1. The van der Waals surface area contributed by atoms with Crippen LogP contribution in [0.1, 0.15) is 61.3 Å². The number of pyridine rings is 1. The fourth-order valence-electron chi connectivity index (χ4n) is 3.55. The van der Waals surface area contributed by atoms with Crippen LogP contribution in [0.4, 0.5) is 5.69 Å². The van der Waals surface area contributed by atoms with Gasteiger partial charge in [-0.2, -0.15) is 0 Å². The number of anilines is 1. The van der Waals surface area contributed by atoms with E-state index in [1.54, 1.807) is 6.92 Å². The number of carboxylic acid groups (broad SMARTS) is 1. The van der Waals surface area contributed by atoms with E-state index >= 15 is 0 Å². The van der Waals surface area contributed by atoms with Crippen molar-refractivity contribution in [3.05, 3.63) is 23.0 Å². The molecule has 1 heterocycles. The molecular weight excluding hydrogens is 264 g/mol. The highest BCUT2D eigenvalue weighted by Crippen LogP contribution is 2.33. The summed E-state index contributed by atoms with van der Waals surface area (Å²) in [6.07, 6.45) is 4.83. The quantitative estimate of drug-likeness (QED) is 0.879. The lowest BCUT2D eigenvalue weighted by Crippen LogP contribution is -2.35. The monoisotopic (exact) mass is 290 g/mol. The van der Waals surface area contributed by atoms with Gasteiger partial charge < -0.3 is 10.4 Å². The van der Waals surface area contributed by atoms with Crippen molar-refractivity contribution in [2.75, 3.05) is 5.32 Å². The Morgan fingerprint density at radius 3 is 2.62 bits per heavy atom. The van der Waals surface area contributed by atoms with E-state index in [2.05, 4.69) is 24.1 Å². The molecule has 1 aromatic heterocycles. The summed E-state index contributed by atoms with van der Waals surface area (Å²) in [7, 11) is 0. The van der Waals surface area contributed by atoms with Crippen LogP contribution >= 0.6 is 0 Å². The minimum Gasteiger partial charge on any atom is -0.478 e. The maximum Gasteiger partial charge on any atom is 0.339 e.